The zero-order valence-electron chi connectivity index (χ0n) is 8.71. The minimum Gasteiger partial charge on any atom is -0.486 e. The van der Waals surface area contributed by atoms with Crippen molar-refractivity contribution in [1.29, 1.82) is 0 Å². The molecule has 1 heterocycles. The first-order valence-corrected chi connectivity index (χ1v) is 4.81. The maximum Gasteiger partial charge on any atom is 0.197 e. The van der Waals surface area contributed by atoms with Gasteiger partial charge in [0.05, 0.1) is 5.60 Å². The molecule has 0 aromatic heterocycles. The van der Waals surface area contributed by atoms with Gasteiger partial charge in [0.25, 0.3) is 0 Å². The lowest BCUT2D eigenvalue weighted by molar-refractivity contribution is 0.0724. The monoisotopic (exact) mass is 212 g/mol. The first-order chi connectivity index (χ1) is 7.00. The van der Waals surface area contributed by atoms with Gasteiger partial charge >= 0.3 is 0 Å². The summed E-state index contributed by atoms with van der Waals surface area (Å²) >= 11 is 0. The third-order valence-electron chi connectivity index (χ3n) is 2.31. The van der Waals surface area contributed by atoms with E-state index in [0.29, 0.717) is 19.0 Å². The van der Waals surface area contributed by atoms with Crippen molar-refractivity contribution >= 4 is 0 Å². The molecule has 1 aliphatic heterocycles. The average molecular weight is 212 g/mol. The third kappa shape index (κ3) is 1.77. The van der Waals surface area contributed by atoms with E-state index in [2.05, 4.69) is 0 Å². The van der Waals surface area contributed by atoms with Gasteiger partial charge in [0.1, 0.15) is 13.2 Å². The van der Waals surface area contributed by atoms with Gasteiger partial charge in [-0.05, 0) is 26.0 Å². The smallest absolute Gasteiger partial charge is 0.197 e. The lowest BCUT2D eigenvalue weighted by Gasteiger charge is -2.24. The average Bonchev–Trinajstić information content (AvgIpc) is 2.16. The highest BCUT2D eigenvalue weighted by molar-refractivity contribution is 5.46. The number of hydrogen-bond acceptors (Lipinski definition) is 3. The van der Waals surface area contributed by atoms with E-state index in [0.717, 1.165) is 0 Å². The molecule has 2 rings (SSSR count). The minimum atomic E-state index is -1.22. The normalized spacial score (nSPS) is 15.2. The van der Waals surface area contributed by atoms with E-state index in [1.807, 2.05) is 0 Å². The Hall–Kier alpha value is -1.29. The molecule has 3 nitrogen and oxygen atoms in total. The first kappa shape index (κ1) is 10.2. The standard InChI is InChI=1S/C11H13FO3/c1-11(2,13)7-3-4-8-10(9(7)12)15-6-5-14-8/h3-4,13H,5-6H2,1-2H3. The SMILES string of the molecule is CC(C)(O)c1ccc2c(c1F)OCCO2. The van der Waals surface area contributed by atoms with Crippen LogP contribution in [0.1, 0.15) is 19.4 Å². The van der Waals surface area contributed by atoms with Crippen molar-refractivity contribution < 1.29 is 19.0 Å². The summed E-state index contributed by atoms with van der Waals surface area (Å²) in [5, 5.41) is 9.74. The quantitative estimate of drug-likeness (QED) is 0.771. The van der Waals surface area contributed by atoms with Gasteiger partial charge in [0.2, 0.25) is 0 Å². The Morgan fingerprint density at radius 1 is 1.27 bits per heavy atom. The van der Waals surface area contributed by atoms with Crippen LogP contribution in [0.15, 0.2) is 12.1 Å². The Balaban J connectivity index is 2.53. The summed E-state index contributed by atoms with van der Waals surface area (Å²) in [6.07, 6.45) is 0. The van der Waals surface area contributed by atoms with Gasteiger partial charge in [-0.25, -0.2) is 4.39 Å². The van der Waals surface area contributed by atoms with E-state index in [4.69, 9.17) is 9.47 Å². The summed E-state index contributed by atoms with van der Waals surface area (Å²) < 4.78 is 24.3. The fraction of sp³-hybridized carbons (Fsp3) is 0.455. The molecule has 0 fully saturated rings. The van der Waals surface area contributed by atoms with Crippen LogP contribution in [0.3, 0.4) is 0 Å². The molecule has 1 N–H and O–H groups in total. The Kier molecular flexibility index (Phi) is 2.31. The van der Waals surface area contributed by atoms with Crippen molar-refractivity contribution in [3.8, 4) is 11.5 Å². The van der Waals surface area contributed by atoms with Crippen LogP contribution in [0.4, 0.5) is 4.39 Å². The van der Waals surface area contributed by atoms with Gasteiger partial charge in [0, 0.05) is 5.56 Å². The number of aliphatic hydroxyl groups is 1. The summed E-state index contributed by atoms with van der Waals surface area (Å²) in [6.45, 7) is 3.82. The zero-order valence-corrected chi connectivity index (χ0v) is 8.71. The van der Waals surface area contributed by atoms with Crippen LogP contribution < -0.4 is 9.47 Å². The Morgan fingerprint density at radius 3 is 2.60 bits per heavy atom. The fourth-order valence-electron chi connectivity index (χ4n) is 1.55. The molecule has 0 atom stereocenters. The summed E-state index contributed by atoms with van der Waals surface area (Å²) in [5.74, 6) is -0.0488. The molecule has 0 aliphatic carbocycles. The van der Waals surface area contributed by atoms with Crippen LogP contribution in [0.25, 0.3) is 0 Å². The highest BCUT2D eigenvalue weighted by Gasteiger charge is 2.26. The number of fused-ring (bicyclic) bond motifs is 1. The molecule has 1 aliphatic rings. The number of halogens is 1. The van der Waals surface area contributed by atoms with Crippen molar-refractivity contribution in [3.63, 3.8) is 0 Å². The summed E-state index contributed by atoms with van der Waals surface area (Å²) in [5.41, 5.74) is -1.01. The summed E-state index contributed by atoms with van der Waals surface area (Å²) in [7, 11) is 0. The van der Waals surface area contributed by atoms with Gasteiger partial charge < -0.3 is 14.6 Å². The Labute approximate surface area is 87.4 Å². The second kappa shape index (κ2) is 3.38. The topological polar surface area (TPSA) is 38.7 Å². The predicted molar refractivity (Wildman–Crippen MR) is 52.6 cm³/mol. The highest BCUT2D eigenvalue weighted by atomic mass is 19.1. The van der Waals surface area contributed by atoms with Crippen molar-refractivity contribution in [2.75, 3.05) is 13.2 Å². The molecule has 0 spiro atoms. The molecule has 0 amide bonds. The molecule has 0 bridgehead atoms. The third-order valence-corrected chi connectivity index (χ3v) is 2.31. The van der Waals surface area contributed by atoms with Gasteiger partial charge in [-0.1, -0.05) is 0 Å². The molecule has 0 radical (unpaired) electrons. The van der Waals surface area contributed by atoms with E-state index < -0.39 is 11.4 Å². The fourth-order valence-corrected chi connectivity index (χ4v) is 1.55. The van der Waals surface area contributed by atoms with Crippen molar-refractivity contribution in [3.05, 3.63) is 23.5 Å². The maximum absolute atomic E-state index is 13.9. The molecular weight excluding hydrogens is 199 g/mol. The highest BCUT2D eigenvalue weighted by Crippen LogP contribution is 2.37. The van der Waals surface area contributed by atoms with Crippen LogP contribution in [-0.2, 0) is 5.60 Å². The van der Waals surface area contributed by atoms with E-state index in [9.17, 15) is 9.50 Å². The zero-order chi connectivity index (χ0) is 11.1. The number of benzene rings is 1. The van der Waals surface area contributed by atoms with Crippen LogP contribution in [0.5, 0.6) is 11.5 Å². The first-order valence-electron chi connectivity index (χ1n) is 4.81. The van der Waals surface area contributed by atoms with Gasteiger partial charge in [-0.2, -0.15) is 0 Å². The van der Waals surface area contributed by atoms with E-state index in [-0.39, 0.29) is 11.3 Å². The molecule has 0 saturated heterocycles. The van der Waals surface area contributed by atoms with E-state index in [1.165, 1.54) is 19.9 Å². The molecule has 0 saturated carbocycles. The number of rotatable bonds is 1. The second-order valence-corrected chi connectivity index (χ2v) is 4.01. The molecule has 15 heavy (non-hydrogen) atoms. The lowest BCUT2D eigenvalue weighted by atomic mass is 9.97. The Morgan fingerprint density at radius 2 is 1.93 bits per heavy atom. The Bertz CT molecular complexity index is 382. The molecule has 4 heteroatoms. The van der Waals surface area contributed by atoms with Crippen molar-refractivity contribution in [2.24, 2.45) is 0 Å². The molecule has 0 unspecified atom stereocenters. The molecule has 1 aromatic rings. The van der Waals surface area contributed by atoms with Crippen molar-refractivity contribution in [1.82, 2.24) is 0 Å². The van der Waals surface area contributed by atoms with Crippen LogP contribution in [0.2, 0.25) is 0 Å². The summed E-state index contributed by atoms with van der Waals surface area (Å²) in [4.78, 5) is 0. The number of hydrogen-bond donors (Lipinski definition) is 1. The number of ether oxygens (including phenoxy) is 2. The molecular formula is C11H13FO3. The van der Waals surface area contributed by atoms with Gasteiger partial charge in [-0.3, -0.25) is 0 Å². The lowest BCUT2D eigenvalue weighted by Crippen LogP contribution is -2.21. The van der Waals surface area contributed by atoms with E-state index >= 15 is 0 Å². The van der Waals surface area contributed by atoms with Crippen molar-refractivity contribution in [2.45, 2.75) is 19.4 Å². The van der Waals surface area contributed by atoms with Gasteiger partial charge in [-0.15, -0.1) is 0 Å². The van der Waals surface area contributed by atoms with Gasteiger partial charge in [0.15, 0.2) is 17.3 Å². The van der Waals surface area contributed by atoms with E-state index in [1.54, 1.807) is 6.07 Å². The molecule has 82 valence electrons. The predicted octanol–water partition coefficient (Wildman–Crippen LogP) is 1.82. The maximum atomic E-state index is 13.9. The summed E-state index contributed by atoms with van der Waals surface area (Å²) in [6, 6.07) is 3.13. The second-order valence-electron chi connectivity index (χ2n) is 4.01. The largest absolute Gasteiger partial charge is 0.486 e. The van der Waals surface area contributed by atoms with Crippen LogP contribution in [-0.4, -0.2) is 18.3 Å². The van der Waals surface area contributed by atoms with Crippen LogP contribution in [0, 0.1) is 5.82 Å². The minimum absolute atomic E-state index is 0.0980. The molecule has 1 aromatic carbocycles. The van der Waals surface area contributed by atoms with Crippen LogP contribution >= 0.6 is 0 Å².